The number of ether oxygens (including phenoxy) is 1. The summed E-state index contributed by atoms with van der Waals surface area (Å²) in [6.45, 7) is 1.97. The molecule has 0 aromatic heterocycles. The fraction of sp³-hybridized carbons (Fsp3) is 0.857. The van der Waals surface area contributed by atoms with Crippen LogP contribution in [0.2, 0.25) is 0 Å². The van der Waals surface area contributed by atoms with E-state index in [-0.39, 0.29) is 11.9 Å². The van der Waals surface area contributed by atoms with Crippen molar-refractivity contribution < 1.29 is 9.53 Å². The first kappa shape index (κ1) is 8.49. The van der Waals surface area contributed by atoms with Gasteiger partial charge in [-0.15, -0.1) is 0 Å². The van der Waals surface area contributed by atoms with Crippen LogP contribution in [0.4, 0.5) is 0 Å². The number of nitrogens with one attached hydrogen (secondary N) is 1. The summed E-state index contributed by atoms with van der Waals surface area (Å²) in [4.78, 5) is 12.9. The van der Waals surface area contributed by atoms with Crippen molar-refractivity contribution in [3.05, 3.63) is 0 Å². The number of hydrogen-bond acceptors (Lipinski definition) is 3. The fourth-order valence-corrected chi connectivity index (χ4v) is 1.04. The number of likely N-dealkylation sites (N-methyl/N-ethyl adjacent to an activating group) is 1. The molecule has 1 saturated heterocycles. The molecule has 1 heterocycles. The zero-order valence-electron chi connectivity index (χ0n) is 6.96. The molecule has 0 aromatic carbocycles. The third kappa shape index (κ3) is 2.17. The summed E-state index contributed by atoms with van der Waals surface area (Å²) in [7, 11) is 3.50. The van der Waals surface area contributed by atoms with Crippen molar-refractivity contribution in [1.29, 1.82) is 0 Å². The molecular weight excluding hydrogens is 144 g/mol. The second-order valence-corrected chi connectivity index (χ2v) is 2.81. The first-order valence-corrected chi connectivity index (χ1v) is 3.74. The van der Waals surface area contributed by atoms with E-state index in [2.05, 4.69) is 5.32 Å². The number of morpholine rings is 1. The molecule has 4 nitrogen and oxygen atoms in total. The van der Waals surface area contributed by atoms with Gasteiger partial charge in [0.05, 0.1) is 13.2 Å². The van der Waals surface area contributed by atoms with Gasteiger partial charge in [-0.2, -0.15) is 0 Å². The van der Waals surface area contributed by atoms with Gasteiger partial charge in [-0.05, 0) is 0 Å². The number of rotatable bonds is 1. The van der Waals surface area contributed by atoms with Gasteiger partial charge in [0.25, 0.3) is 0 Å². The maximum Gasteiger partial charge on any atom is 0.241 e. The van der Waals surface area contributed by atoms with Crippen LogP contribution in [0.15, 0.2) is 0 Å². The van der Waals surface area contributed by atoms with E-state index >= 15 is 0 Å². The SMILES string of the molecule is CN(C)C(=O)[C@H]1COCCN1. The van der Waals surface area contributed by atoms with E-state index in [1.54, 1.807) is 19.0 Å². The molecule has 1 aliphatic rings. The number of amides is 1. The summed E-state index contributed by atoms with van der Waals surface area (Å²) >= 11 is 0. The highest BCUT2D eigenvalue weighted by molar-refractivity contribution is 5.81. The second-order valence-electron chi connectivity index (χ2n) is 2.81. The van der Waals surface area contributed by atoms with Crippen LogP contribution in [0, 0.1) is 0 Å². The lowest BCUT2D eigenvalue weighted by atomic mass is 10.2. The van der Waals surface area contributed by atoms with Crippen LogP contribution in [0.3, 0.4) is 0 Å². The Bertz CT molecular complexity index is 141. The summed E-state index contributed by atoms with van der Waals surface area (Å²) in [6.07, 6.45) is 0. The molecule has 1 atom stereocenters. The maximum absolute atomic E-state index is 11.3. The van der Waals surface area contributed by atoms with Gasteiger partial charge in [-0.25, -0.2) is 0 Å². The van der Waals surface area contributed by atoms with Gasteiger partial charge in [0.15, 0.2) is 0 Å². The van der Waals surface area contributed by atoms with Crippen molar-refractivity contribution in [3.63, 3.8) is 0 Å². The molecule has 0 aromatic rings. The molecule has 1 amide bonds. The number of carbonyl (C=O) groups excluding carboxylic acids is 1. The zero-order valence-corrected chi connectivity index (χ0v) is 6.96. The smallest absolute Gasteiger partial charge is 0.241 e. The van der Waals surface area contributed by atoms with Crippen LogP contribution >= 0.6 is 0 Å². The molecule has 0 saturated carbocycles. The molecule has 0 spiro atoms. The normalized spacial score (nSPS) is 24.7. The molecule has 1 rings (SSSR count). The topological polar surface area (TPSA) is 41.6 Å². The molecule has 0 radical (unpaired) electrons. The lowest BCUT2D eigenvalue weighted by Gasteiger charge is -2.25. The van der Waals surface area contributed by atoms with Crippen molar-refractivity contribution in [2.45, 2.75) is 6.04 Å². The monoisotopic (exact) mass is 158 g/mol. The van der Waals surface area contributed by atoms with Crippen LogP contribution in [0.25, 0.3) is 0 Å². The maximum atomic E-state index is 11.3. The van der Waals surface area contributed by atoms with Crippen molar-refractivity contribution in [1.82, 2.24) is 10.2 Å². The van der Waals surface area contributed by atoms with Crippen molar-refractivity contribution in [2.24, 2.45) is 0 Å². The molecular formula is C7H14N2O2. The molecule has 4 heteroatoms. The Balaban J connectivity index is 2.39. The van der Waals surface area contributed by atoms with Crippen LogP contribution in [0.1, 0.15) is 0 Å². The van der Waals surface area contributed by atoms with E-state index in [0.29, 0.717) is 13.2 Å². The highest BCUT2D eigenvalue weighted by Crippen LogP contribution is 1.95. The van der Waals surface area contributed by atoms with Gasteiger partial charge in [0.1, 0.15) is 6.04 Å². The molecule has 0 unspecified atom stereocenters. The van der Waals surface area contributed by atoms with E-state index < -0.39 is 0 Å². The summed E-state index contributed by atoms with van der Waals surface area (Å²) in [6, 6.07) is -0.140. The average Bonchev–Trinajstić information content (AvgIpc) is 2.05. The van der Waals surface area contributed by atoms with Gasteiger partial charge in [-0.1, -0.05) is 0 Å². The minimum Gasteiger partial charge on any atom is -0.378 e. The minimum atomic E-state index is -0.140. The molecule has 0 aliphatic carbocycles. The Morgan fingerprint density at radius 3 is 2.82 bits per heavy atom. The Morgan fingerprint density at radius 1 is 1.64 bits per heavy atom. The first-order valence-electron chi connectivity index (χ1n) is 3.74. The van der Waals surface area contributed by atoms with Crippen LogP contribution < -0.4 is 5.32 Å². The van der Waals surface area contributed by atoms with Crippen molar-refractivity contribution in [3.8, 4) is 0 Å². The highest BCUT2D eigenvalue weighted by Gasteiger charge is 2.21. The Hall–Kier alpha value is -0.610. The lowest BCUT2D eigenvalue weighted by molar-refractivity contribution is -0.133. The van der Waals surface area contributed by atoms with Crippen molar-refractivity contribution in [2.75, 3.05) is 33.9 Å². The number of hydrogen-bond donors (Lipinski definition) is 1. The van der Waals surface area contributed by atoms with E-state index in [1.165, 1.54) is 0 Å². The second kappa shape index (κ2) is 3.69. The van der Waals surface area contributed by atoms with Gasteiger partial charge >= 0.3 is 0 Å². The van der Waals surface area contributed by atoms with Crippen LogP contribution in [-0.4, -0.2) is 50.7 Å². The number of carbonyl (C=O) groups is 1. The molecule has 0 bridgehead atoms. The highest BCUT2D eigenvalue weighted by atomic mass is 16.5. The summed E-state index contributed by atoms with van der Waals surface area (Å²) in [5.74, 6) is 0.0877. The van der Waals surface area contributed by atoms with Gasteiger partial charge in [0, 0.05) is 20.6 Å². The fourth-order valence-electron chi connectivity index (χ4n) is 1.04. The van der Waals surface area contributed by atoms with Gasteiger partial charge < -0.3 is 15.0 Å². The molecule has 1 N–H and O–H groups in total. The van der Waals surface area contributed by atoms with E-state index in [4.69, 9.17) is 4.74 Å². The third-order valence-corrected chi connectivity index (χ3v) is 1.66. The summed E-state index contributed by atoms with van der Waals surface area (Å²) in [5.41, 5.74) is 0. The van der Waals surface area contributed by atoms with Crippen molar-refractivity contribution >= 4 is 5.91 Å². The Kier molecular flexibility index (Phi) is 2.84. The Morgan fingerprint density at radius 2 is 2.36 bits per heavy atom. The van der Waals surface area contributed by atoms with Gasteiger partial charge in [-0.3, -0.25) is 4.79 Å². The van der Waals surface area contributed by atoms with Crippen LogP contribution in [0.5, 0.6) is 0 Å². The zero-order chi connectivity index (χ0) is 8.27. The quantitative estimate of drug-likeness (QED) is 0.535. The lowest BCUT2D eigenvalue weighted by Crippen LogP contribution is -2.50. The average molecular weight is 158 g/mol. The molecule has 64 valence electrons. The minimum absolute atomic E-state index is 0.0877. The van der Waals surface area contributed by atoms with Gasteiger partial charge in [0.2, 0.25) is 5.91 Å². The van der Waals surface area contributed by atoms with E-state index in [0.717, 1.165) is 6.54 Å². The Labute approximate surface area is 66.5 Å². The summed E-state index contributed by atoms with van der Waals surface area (Å²) < 4.78 is 5.14. The first-order chi connectivity index (χ1) is 5.22. The summed E-state index contributed by atoms with van der Waals surface area (Å²) in [5, 5.41) is 3.08. The third-order valence-electron chi connectivity index (χ3n) is 1.66. The van der Waals surface area contributed by atoms with E-state index in [1.807, 2.05) is 0 Å². The molecule has 11 heavy (non-hydrogen) atoms. The molecule has 1 aliphatic heterocycles. The predicted octanol–water partition coefficient (Wildman–Crippen LogP) is -0.937. The number of nitrogens with zero attached hydrogens (tertiary/aromatic N) is 1. The largest absolute Gasteiger partial charge is 0.378 e. The van der Waals surface area contributed by atoms with Crippen LogP contribution in [-0.2, 0) is 9.53 Å². The molecule has 1 fully saturated rings. The van der Waals surface area contributed by atoms with E-state index in [9.17, 15) is 4.79 Å². The predicted molar refractivity (Wildman–Crippen MR) is 41.3 cm³/mol. The standard InChI is InChI=1S/C7H14N2O2/c1-9(2)7(10)6-5-11-4-3-8-6/h6,8H,3-5H2,1-2H3/t6-/m1/s1.